The fourth-order valence-corrected chi connectivity index (χ4v) is 2.36. The van der Waals surface area contributed by atoms with Crippen molar-refractivity contribution in [2.75, 3.05) is 12.3 Å². The lowest BCUT2D eigenvalue weighted by molar-refractivity contribution is -0.0517. The first-order chi connectivity index (χ1) is 10.5. The van der Waals surface area contributed by atoms with Crippen molar-refractivity contribution in [1.82, 2.24) is 19.5 Å². The number of aromatic nitrogens is 4. The summed E-state index contributed by atoms with van der Waals surface area (Å²) >= 11 is 0. The maximum absolute atomic E-state index is 11.3. The molecule has 0 amide bonds. The molecule has 6 N–H and O–H groups in total. The second-order valence-electron chi connectivity index (χ2n) is 4.90. The van der Waals surface area contributed by atoms with E-state index in [2.05, 4.69) is 15.0 Å². The van der Waals surface area contributed by atoms with Crippen LogP contribution < -0.4 is 11.3 Å². The Balaban J connectivity index is 1.96. The molecule has 2 aromatic rings. The lowest BCUT2D eigenvalue weighted by Crippen LogP contribution is -2.33. The second-order valence-corrected chi connectivity index (χ2v) is 4.90. The van der Waals surface area contributed by atoms with E-state index in [4.69, 9.17) is 15.6 Å². The van der Waals surface area contributed by atoms with E-state index in [1.165, 1.54) is 23.2 Å². The average molecular weight is 309 g/mol. The topological polar surface area (TPSA) is 160 Å². The Kier molecular flexibility index (Phi) is 3.66. The van der Waals surface area contributed by atoms with Crippen LogP contribution in [0.3, 0.4) is 0 Å². The minimum absolute atomic E-state index is 0.101. The lowest BCUT2D eigenvalue weighted by atomic mass is 10.1. The number of nitrogens with zero attached hydrogens (tertiary/aromatic N) is 3. The van der Waals surface area contributed by atoms with Gasteiger partial charge in [-0.1, -0.05) is 0 Å². The number of ether oxygens (including phenoxy) is 1. The van der Waals surface area contributed by atoms with Crippen molar-refractivity contribution < 1.29 is 20.1 Å². The maximum Gasteiger partial charge on any atom is 0.251 e. The molecule has 2 aromatic heterocycles. The van der Waals surface area contributed by atoms with E-state index < -0.39 is 31.1 Å². The third-order valence-corrected chi connectivity index (χ3v) is 3.52. The zero-order valence-electron chi connectivity index (χ0n) is 11.3. The number of hydrogen-bond donors (Lipinski definition) is 5. The van der Waals surface area contributed by atoms with Crippen molar-refractivity contribution in [2.45, 2.75) is 24.5 Å². The summed E-state index contributed by atoms with van der Waals surface area (Å²) in [4.78, 5) is 21.8. The van der Waals surface area contributed by atoms with Gasteiger partial charge in [-0.25, -0.2) is 9.97 Å². The monoisotopic (exact) mass is 309 g/mol. The molecule has 0 spiro atoms. The molecule has 0 radical (unpaired) electrons. The SMILES string of the molecule is Nc1c(-c2nccc(=O)[nH]2)ncn1[C@H]1O[C@@H](CO)[C@@H](O)[C@@H]1O. The summed E-state index contributed by atoms with van der Waals surface area (Å²) in [5.41, 5.74) is 5.83. The summed E-state index contributed by atoms with van der Waals surface area (Å²) in [6, 6.07) is 1.25. The highest BCUT2D eigenvalue weighted by Gasteiger charge is 2.44. The standard InChI is InChI=1S/C12H15N5O5/c13-10-7(11-14-2-1-6(19)16-11)15-4-17(10)12-9(21)8(20)5(3-18)22-12/h1-2,4-5,8-9,12,18,20-21H,3,13H2,(H,14,16,19)/t5-,8+,9-,12-/m0/s1. The van der Waals surface area contributed by atoms with E-state index in [0.29, 0.717) is 0 Å². The Labute approximate surface area is 123 Å². The number of aliphatic hydroxyl groups excluding tert-OH is 3. The number of nitrogens with one attached hydrogen (secondary N) is 1. The number of nitrogen functional groups attached to an aromatic ring is 1. The third kappa shape index (κ3) is 2.27. The van der Waals surface area contributed by atoms with Crippen LogP contribution in [0.25, 0.3) is 11.5 Å². The molecule has 1 aliphatic rings. The fourth-order valence-electron chi connectivity index (χ4n) is 2.36. The highest BCUT2D eigenvalue weighted by molar-refractivity contribution is 5.64. The summed E-state index contributed by atoms with van der Waals surface area (Å²) in [5.74, 6) is 0.277. The molecule has 3 heterocycles. The number of rotatable bonds is 3. The Morgan fingerprint density at radius 3 is 2.77 bits per heavy atom. The first-order valence-electron chi connectivity index (χ1n) is 6.53. The van der Waals surface area contributed by atoms with Crippen LogP contribution in [0.15, 0.2) is 23.4 Å². The van der Waals surface area contributed by atoms with E-state index in [0.717, 1.165) is 0 Å². The number of anilines is 1. The summed E-state index contributed by atoms with van der Waals surface area (Å²) in [5, 5.41) is 28.9. The number of hydrogen-bond acceptors (Lipinski definition) is 8. The molecule has 1 fully saturated rings. The van der Waals surface area contributed by atoms with Gasteiger partial charge in [0.15, 0.2) is 12.1 Å². The summed E-state index contributed by atoms with van der Waals surface area (Å²) in [6.07, 6.45) is -1.81. The van der Waals surface area contributed by atoms with E-state index in [1.54, 1.807) is 0 Å². The van der Waals surface area contributed by atoms with Crippen molar-refractivity contribution in [3.63, 3.8) is 0 Å². The van der Waals surface area contributed by atoms with E-state index in [1.807, 2.05) is 0 Å². The molecule has 118 valence electrons. The van der Waals surface area contributed by atoms with Crippen molar-refractivity contribution in [1.29, 1.82) is 0 Å². The van der Waals surface area contributed by atoms with Gasteiger partial charge < -0.3 is 30.8 Å². The number of aliphatic hydroxyl groups is 3. The van der Waals surface area contributed by atoms with Gasteiger partial charge in [0.25, 0.3) is 5.56 Å². The first kappa shape index (κ1) is 14.7. The van der Waals surface area contributed by atoms with Crippen LogP contribution in [-0.2, 0) is 4.74 Å². The molecule has 1 saturated heterocycles. The van der Waals surface area contributed by atoms with Crippen LogP contribution in [0.5, 0.6) is 0 Å². The maximum atomic E-state index is 11.3. The molecule has 0 aromatic carbocycles. The van der Waals surface area contributed by atoms with Crippen LogP contribution in [0.2, 0.25) is 0 Å². The van der Waals surface area contributed by atoms with Gasteiger partial charge in [-0.15, -0.1) is 0 Å². The number of aromatic amines is 1. The molecular weight excluding hydrogens is 294 g/mol. The van der Waals surface area contributed by atoms with Crippen molar-refractivity contribution in [3.05, 3.63) is 28.9 Å². The quantitative estimate of drug-likeness (QED) is 0.428. The molecule has 3 rings (SSSR count). The molecule has 22 heavy (non-hydrogen) atoms. The molecule has 0 aliphatic carbocycles. The molecule has 4 atom stereocenters. The predicted octanol–water partition coefficient (Wildman–Crippen LogP) is -2.17. The summed E-state index contributed by atoms with van der Waals surface area (Å²) in [6.45, 7) is -0.441. The summed E-state index contributed by atoms with van der Waals surface area (Å²) in [7, 11) is 0. The van der Waals surface area contributed by atoms with E-state index >= 15 is 0 Å². The Hall–Kier alpha value is -2.27. The van der Waals surface area contributed by atoms with Crippen molar-refractivity contribution >= 4 is 5.82 Å². The van der Waals surface area contributed by atoms with Gasteiger partial charge in [-0.3, -0.25) is 9.36 Å². The zero-order chi connectivity index (χ0) is 15.9. The third-order valence-electron chi connectivity index (χ3n) is 3.52. The van der Waals surface area contributed by atoms with Crippen molar-refractivity contribution in [3.8, 4) is 11.5 Å². The van der Waals surface area contributed by atoms with Crippen LogP contribution in [0.1, 0.15) is 6.23 Å². The largest absolute Gasteiger partial charge is 0.394 e. The van der Waals surface area contributed by atoms with Gasteiger partial charge in [0.2, 0.25) is 0 Å². The highest BCUT2D eigenvalue weighted by Crippen LogP contribution is 2.33. The number of nitrogens with two attached hydrogens (primary N) is 1. The van der Waals surface area contributed by atoms with E-state index in [-0.39, 0.29) is 22.9 Å². The minimum Gasteiger partial charge on any atom is -0.394 e. The first-order valence-corrected chi connectivity index (χ1v) is 6.53. The van der Waals surface area contributed by atoms with Gasteiger partial charge in [-0.05, 0) is 0 Å². The number of imidazole rings is 1. The molecule has 0 saturated carbocycles. The van der Waals surface area contributed by atoms with Crippen LogP contribution in [0.4, 0.5) is 5.82 Å². The van der Waals surface area contributed by atoms with Gasteiger partial charge in [0.1, 0.15) is 29.8 Å². The minimum atomic E-state index is -1.27. The number of H-pyrrole nitrogens is 1. The average Bonchev–Trinajstić information content (AvgIpc) is 3.01. The molecule has 10 nitrogen and oxygen atoms in total. The zero-order valence-corrected chi connectivity index (χ0v) is 11.3. The lowest BCUT2D eigenvalue weighted by Gasteiger charge is -2.17. The molecule has 1 aliphatic heterocycles. The Bertz CT molecular complexity index is 729. The predicted molar refractivity (Wildman–Crippen MR) is 73.5 cm³/mol. The molecular formula is C12H15N5O5. The molecule has 10 heteroatoms. The van der Waals surface area contributed by atoms with Crippen LogP contribution in [-0.4, -0.2) is 59.8 Å². The highest BCUT2D eigenvalue weighted by atomic mass is 16.6. The van der Waals surface area contributed by atoms with Gasteiger partial charge in [0.05, 0.1) is 12.9 Å². The van der Waals surface area contributed by atoms with Crippen molar-refractivity contribution in [2.24, 2.45) is 0 Å². The Morgan fingerprint density at radius 2 is 2.14 bits per heavy atom. The normalized spacial score (nSPS) is 28.1. The molecule has 0 unspecified atom stereocenters. The summed E-state index contributed by atoms with van der Waals surface area (Å²) < 4.78 is 6.69. The van der Waals surface area contributed by atoms with Gasteiger partial charge in [0, 0.05) is 12.3 Å². The van der Waals surface area contributed by atoms with Gasteiger partial charge >= 0.3 is 0 Å². The van der Waals surface area contributed by atoms with Crippen LogP contribution in [0, 0.1) is 0 Å². The van der Waals surface area contributed by atoms with Gasteiger partial charge in [-0.2, -0.15) is 0 Å². The fraction of sp³-hybridized carbons (Fsp3) is 0.417. The Morgan fingerprint density at radius 1 is 1.36 bits per heavy atom. The smallest absolute Gasteiger partial charge is 0.251 e. The van der Waals surface area contributed by atoms with Crippen LogP contribution >= 0.6 is 0 Å². The molecule has 0 bridgehead atoms. The second kappa shape index (κ2) is 5.50. The van der Waals surface area contributed by atoms with E-state index in [9.17, 15) is 15.0 Å².